The third-order valence-electron chi connectivity index (χ3n) is 7.65. The number of carbonyl (C=O) groups excluding carboxylic acids is 3. The second-order valence-corrected chi connectivity index (χ2v) is 12.8. The zero-order valence-electron chi connectivity index (χ0n) is 25.3. The Bertz CT molecular complexity index is 1620. The van der Waals surface area contributed by atoms with Crippen LogP contribution in [-0.2, 0) is 32.0 Å². The minimum Gasteiger partial charge on any atom is -0.480 e. The minimum absolute atomic E-state index is 0.111. The molecule has 11 nitrogen and oxygen atoms in total. The number of thioether (sulfide) groups is 2. The van der Waals surface area contributed by atoms with E-state index in [2.05, 4.69) is 25.9 Å². The summed E-state index contributed by atoms with van der Waals surface area (Å²) in [5, 5.41) is 19.8. The van der Waals surface area contributed by atoms with Crippen LogP contribution in [0.25, 0.3) is 21.8 Å². The molecule has 13 heteroatoms. The monoisotopic (exact) mass is 652 g/mol. The summed E-state index contributed by atoms with van der Waals surface area (Å²) < 4.78 is 0. The van der Waals surface area contributed by atoms with E-state index in [1.54, 1.807) is 6.20 Å². The molecule has 4 unspecified atom stereocenters. The number of aromatic amines is 2. The van der Waals surface area contributed by atoms with Gasteiger partial charge in [-0.15, -0.1) is 0 Å². The van der Waals surface area contributed by atoms with Crippen LogP contribution >= 0.6 is 23.5 Å². The predicted octanol–water partition coefficient (Wildman–Crippen LogP) is 2.81. The van der Waals surface area contributed by atoms with Gasteiger partial charge in [0.2, 0.25) is 17.7 Å². The predicted molar refractivity (Wildman–Crippen MR) is 181 cm³/mol. The second kappa shape index (κ2) is 16.4. The first kappa shape index (κ1) is 33.9. The van der Waals surface area contributed by atoms with Gasteiger partial charge in [0.05, 0.1) is 6.04 Å². The van der Waals surface area contributed by atoms with Gasteiger partial charge in [0.1, 0.15) is 18.1 Å². The van der Waals surface area contributed by atoms with Crippen LogP contribution < -0.4 is 21.7 Å². The molecule has 4 atom stereocenters. The van der Waals surface area contributed by atoms with E-state index in [4.69, 9.17) is 5.73 Å². The Kier molecular flexibility index (Phi) is 12.4. The van der Waals surface area contributed by atoms with Crippen LogP contribution in [0.3, 0.4) is 0 Å². The van der Waals surface area contributed by atoms with Gasteiger partial charge in [-0.05, 0) is 66.5 Å². The van der Waals surface area contributed by atoms with Crippen molar-refractivity contribution in [3.05, 3.63) is 72.1 Å². The number of hydrogen-bond donors (Lipinski definition) is 7. The number of benzene rings is 2. The number of rotatable bonds is 17. The lowest BCUT2D eigenvalue weighted by Crippen LogP contribution is -2.58. The Morgan fingerprint density at radius 1 is 0.711 bits per heavy atom. The average Bonchev–Trinajstić information content (AvgIpc) is 3.64. The smallest absolute Gasteiger partial charge is 0.326 e. The summed E-state index contributed by atoms with van der Waals surface area (Å²) in [4.78, 5) is 58.8. The van der Waals surface area contributed by atoms with Crippen molar-refractivity contribution in [1.29, 1.82) is 0 Å². The van der Waals surface area contributed by atoms with Gasteiger partial charge >= 0.3 is 5.97 Å². The molecule has 2 heterocycles. The third kappa shape index (κ3) is 9.05. The first-order valence-electron chi connectivity index (χ1n) is 14.7. The highest BCUT2D eigenvalue weighted by Crippen LogP contribution is 2.20. The van der Waals surface area contributed by atoms with Gasteiger partial charge in [-0.1, -0.05) is 36.4 Å². The van der Waals surface area contributed by atoms with Crippen LogP contribution in [0.1, 0.15) is 24.0 Å². The zero-order chi connectivity index (χ0) is 32.3. The van der Waals surface area contributed by atoms with Crippen LogP contribution in [0.15, 0.2) is 60.9 Å². The summed E-state index contributed by atoms with van der Waals surface area (Å²) >= 11 is 3.00. The van der Waals surface area contributed by atoms with E-state index in [0.717, 1.165) is 32.9 Å². The second-order valence-electron chi connectivity index (χ2n) is 10.8. The number of carbonyl (C=O) groups is 4. The average molecular weight is 653 g/mol. The topological polar surface area (TPSA) is 182 Å². The summed E-state index contributed by atoms with van der Waals surface area (Å²) in [6.45, 7) is 0. The standard InChI is InChI=1S/C32H40N6O5S2/c1-44-13-11-26(36-29(39)23(33)15-19-17-34-24-9-5-3-7-21(19)24)30(40)38-28(31(41)37-27(32(42)43)12-14-45-2)16-20-18-35-25-10-6-4-8-22(20)25/h3-10,17-18,23,26-28,34-35H,11-16,33H2,1-2H3,(H,36,39)(H,37,41)(H,38,40)(H,42,43). The molecule has 2 aromatic carbocycles. The number of carboxylic acids is 1. The fourth-order valence-corrected chi connectivity index (χ4v) is 6.12. The van der Waals surface area contributed by atoms with Crippen LogP contribution in [0, 0.1) is 0 Å². The van der Waals surface area contributed by atoms with Crippen molar-refractivity contribution in [2.75, 3.05) is 24.0 Å². The molecule has 0 bridgehead atoms. The van der Waals surface area contributed by atoms with E-state index >= 15 is 0 Å². The van der Waals surface area contributed by atoms with Gasteiger partial charge < -0.3 is 36.8 Å². The Morgan fingerprint density at radius 2 is 1.18 bits per heavy atom. The quantitative estimate of drug-likeness (QED) is 0.0909. The molecule has 0 aliphatic carbocycles. The molecule has 2 aromatic heterocycles. The maximum absolute atomic E-state index is 13.7. The molecule has 0 radical (unpaired) electrons. The van der Waals surface area contributed by atoms with Gasteiger partial charge in [0, 0.05) is 40.6 Å². The van der Waals surface area contributed by atoms with Gasteiger partial charge in [-0.2, -0.15) is 23.5 Å². The molecule has 45 heavy (non-hydrogen) atoms. The number of nitrogens with two attached hydrogens (primary N) is 1. The van der Waals surface area contributed by atoms with Crippen molar-refractivity contribution in [1.82, 2.24) is 25.9 Å². The van der Waals surface area contributed by atoms with Crippen LogP contribution in [0.2, 0.25) is 0 Å². The number of aromatic nitrogens is 2. The molecule has 0 spiro atoms. The highest BCUT2D eigenvalue weighted by Gasteiger charge is 2.31. The van der Waals surface area contributed by atoms with Crippen molar-refractivity contribution in [3.63, 3.8) is 0 Å². The van der Waals surface area contributed by atoms with E-state index in [9.17, 15) is 24.3 Å². The van der Waals surface area contributed by atoms with E-state index < -0.39 is 47.9 Å². The van der Waals surface area contributed by atoms with E-state index in [1.165, 1.54) is 23.5 Å². The van der Waals surface area contributed by atoms with E-state index in [-0.39, 0.29) is 19.3 Å². The van der Waals surface area contributed by atoms with Gasteiger partial charge in [-0.3, -0.25) is 14.4 Å². The van der Waals surface area contributed by atoms with Crippen molar-refractivity contribution in [2.24, 2.45) is 5.73 Å². The molecule has 0 aliphatic heterocycles. The van der Waals surface area contributed by atoms with E-state index in [0.29, 0.717) is 17.9 Å². The highest BCUT2D eigenvalue weighted by molar-refractivity contribution is 7.98. The molecule has 0 aliphatic rings. The number of hydrogen-bond acceptors (Lipinski definition) is 7. The molecule has 0 saturated heterocycles. The number of para-hydroxylation sites is 2. The molecule has 0 fully saturated rings. The molecule has 3 amide bonds. The number of H-pyrrole nitrogens is 2. The first-order chi connectivity index (χ1) is 21.7. The fourth-order valence-electron chi connectivity index (χ4n) is 5.18. The summed E-state index contributed by atoms with van der Waals surface area (Å²) in [7, 11) is 0. The van der Waals surface area contributed by atoms with E-state index in [1.807, 2.05) is 67.2 Å². The van der Waals surface area contributed by atoms with Crippen LogP contribution in [0.5, 0.6) is 0 Å². The molecule has 4 rings (SSSR count). The number of carboxylic acid groups (broad SMARTS) is 1. The summed E-state index contributed by atoms with van der Waals surface area (Å²) in [5.74, 6) is -1.68. The van der Waals surface area contributed by atoms with Crippen molar-refractivity contribution >= 4 is 69.0 Å². The molecule has 4 aromatic rings. The molecular formula is C32H40N6O5S2. The number of fused-ring (bicyclic) bond motifs is 2. The SMILES string of the molecule is CSCCC(NC(=O)C(Cc1c[nH]c2ccccc12)NC(=O)C(CCSC)NC(=O)C(N)Cc1c[nH]c2ccccc12)C(=O)O. The Balaban J connectivity index is 1.51. The maximum Gasteiger partial charge on any atom is 0.326 e. The summed E-state index contributed by atoms with van der Waals surface area (Å²) in [6, 6.07) is 11.2. The lowest BCUT2D eigenvalue weighted by Gasteiger charge is -2.25. The van der Waals surface area contributed by atoms with Gasteiger partial charge in [-0.25, -0.2) is 4.79 Å². The third-order valence-corrected chi connectivity index (χ3v) is 8.94. The van der Waals surface area contributed by atoms with Crippen molar-refractivity contribution in [2.45, 2.75) is 49.9 Å². The summed E-state index contributed by atoms with van der Waals surface area (Å²) in [5.41, 5.74) is 9.79. The lowest BCUT2D eigenvalue weighted by molar-refractivity contribution is -0.142. The largest absolute Gasteiger partial charge is 0.480 e. The number of nitrogens with one attached hydrogen (secondary N) is 5. The normalized spacial score (nSPS) is 14.0. The van der Waals surface area contributed by atoms with Crippen molar-refractivity contribution < 1.29 is 24.3 Å². The van der Waals surface area contributed by atoms with Crippen LogP contribution in [-0.4, -0.2) is 86.9 Å². The zero-order valence-corrected chi connectivity index (χ0v) is 26.9. The molecule has 0 saturated carbocycles. The molecular weight excluding hydrogens is 613 g/mol. The fraction of sp³-hybridized carbons (Fsp3) is 0.375. The highest BCUT2D eigenvalue weighted by atomic mass is 32.2. The van der Waals surface area contributed by atoms with Crippen molar-refractivity contribution in [3.8, 4) is 0 Å². The Hall–Kier alpha value is -3.94. The van der Waals surface area contributed by atoms with Crippen LogP contribution in [0.4, 0.5) is 0 Å². The maximum atomic E-state index is 13.7. The van der Waals surface area contributed by atoms with Gasteiger partial charge in [0.25, 0.3) is 0 Å². The Labute approximate surface area is 270 Å². The summed E-state index contributed by atoms with van der Waals surface area (Å²) in [6.07, 6.45) is 8.28. The lowest BCUT2D eigenvalue weighted by atomic mass is 10.0. The molecule has 240 valence electrons. The molecule has 8 N–H and O–H groups in total. The number of amides is 3. The number of aliphatic carboxylic acids is 1. The first-order valence-corrected chi connectivity index (χ1v) is 17.5. The minimum atomic E-state index is -1.15. The Morgan fingerprint density at radius 3 is 1.73 bits per heavy atom. The van der Waals surface area contributed by atoms with Gasteiger partial charge in [0.15, 0.2) is 0 Å².